The summed E-state index contributed by atoms with van der Waals surface area (Å²) < 4.78 is 10.2. The van der Waals surface area contributed by atoms with Crippen LogP contribution in [0.4, 0.5) is 0 Å². The highest BCUT2D eigenvalue weighted by Gasteiger charge is 2.31. The van der Waals surface area contributed by atoms with Crippen LogP contribution in [0.15, 0.2) is 30.3 Å². The SMILES string of the molecule is COCC(=O)O[C@H]1CCC[C@H]1c1ccccc1. The second-order valence-electron chi connectivity index (χ2n) is 4.41. The summed E-state index contributed by atoms with van der Waals surface area (Å²) in [5.74, 6) is 0.0809. The van der Waals surface area contributed by atoms with Crippen molar-refractivity contribution in [1.29, 1.82) is 0 Å². The fraction of sp³-hybridized carbons (Fsp3) is 0.500. The predicted molar refractivity (Wildman–Crippen MR) is 64.8 cm³/mol. The lowest BCUT2D eigenvalue weighted by atomic mass is 9.96. The van der Waals surface area contributed by atoms with E-state index >= 15 is 0 Å². The fourth-order valence-electron chi connectivity index (χ4n) is 2.47. The quantitative estimate of drug-likeness (QED) is 0.751. The van der Waals surface area contributed by atoms with Gasteiger partial charge in [-0.15, -0.1) is 0 Å². The molecule has 1 aromatic rings. The molecule has 1 aliphatic carbocycles. The molecule has 0 bridgehead atoms. The van der Waals surface area contributed by atoms with E-state index in [2.05, 4.69) is 12.1 Å². The van der Waals surface area contributed by atoms with Gasteiger partial charge in [-0.05, 0) is 24.8 Å². The van der Waals surface area contributed by atoms with E-state index in [0.29, 0.717) is 5.92 Å². The average molecular weight is 234 g/mol. The summed E-state index contributed by atoms with van der Waals surface area (Å²) in [6.07, 6.45) is 3.18. The molecule has 92 valence electrons. The number of hydrogen-bond donors (Lipinski definition) is 0. The lowest BCUT2D eigenvalue weighted by molar-refractivity contribution is -0.153. The molecule has 2 rings (SSSR count). The van der Waals surface area contributed by atoms with E-state index in [9.17, 15) is 4.79 Å². The maximum Gasteiger partial charge on any atom is 0.332 e. The highest BCUT2D eigenvalue weighted by molar-refractivity contribution is 5.71. The Hall–Kier alpha value is -1.35. The van der Waals surface area contributed by atoms with Gasteiger partial charge < -0.3 is 9.47 Å². The molecule has 0 spiro atoms. The first-order valence-corrected chi connectivity index (χ1v) is 6.04. The summed E-state index contributed by atoms with van der Waals surface area (Å²) in [4.78, 5) is 11.4. The molecule has 0 aliphatic heterocycles. The Morgan fingerprint density at radius 2 is 2.06 bits per heavy atom. The molecule has 0 radical (unpaired) electrons. The largest absolute Gasteiger partial charge is 0.460 e. The summed E-state index contributed by atoms with van der Waals surface area (Å²) in [6.45, 7) is 0.0397. The van der Waals surface area contributed by atoms with Gasteiger partial charge in [-0.25, -0.2) is 4.79 Å². The fourth-order valence-corrected chi connectivity index (χ4v) is 2.47. The van der Waals surface area contributed by atoms with Gasteiger partial charge in [0.25, 0.3) is 0 Å². The van der Waals surface area contributed by atoms with Crippen LogP contribution < -0.4 is 0 Å². The van der Waals surface area contributed by atoms with Crippen molar-refractivity contribution in [2.24, 2.45) is 0 Å². The maximum absolute atomic E-state index is 11.4. The van der Waals surface area contributed by atoms with Gasteiger partial charge in [0.2, 0.25) is 0 Å². The number of carbonyl (C=O) groups excluding carboxylic acids is 1. The van der Waals surface area contributed by atoms with Gasteiger partial charge in [0.15, 0.2) is 0 Å². The Balaban J connectivity index is 2.00. The van der Waals surface area contributed by atoms with Gasteiger partial charge in [0.05, 0.1) is 0 Å². The molecule has 1 saturated carbocycles. The van der Waals surface area contributed by atoms with Crippen molar-refractivity contribution in [1.82, 2.24) is 0 Å². The minimum absolute atomic E-state index is 0.0139. The highest BCUT2D eigenvalue weighted by Crippen LogP contribution is 2.36. The molecule has 0 unspecified atom stereocenters. The summed E-state index contributed by atoms with van der Waals surface area (Å²) in [7, 11) is 1.50. The van der Waals surface area contributed by atoms with Crippen LogP contribution in [0.2, 0.25) is 0 Å². The van der Waals surface area contributed by atoms with Crippen LogP contribution >= 0.6 is 0 Å². The minimum atomic E-state index is -0.264. The third kappa shape index (κ3) is 3.07. The summed E-state index contributed by atoms with van der Waals surface area (Å²) >= 11 is 0. The Kier molecular flexibility index (Phi) is 4.15. The standard InChI is InChI=1S/C14H18O3/c1-16-10-14(15)17-13-9-5-8-12(13)11-6-3-2-4-7-11/h2-4,6-7,12-13H,5,8-10H2,1H3/t12-,13-/m0/s1. The number of rotatable bonds is 4. The first kappa shape index (κ1) is 12.1. The normalized spacial score (nSPS) is 23.6. The van der Waals surface area contributed by atoms with Gasteiger partial charge >= 0.3 is 5.97 Å². The molecule has 1 aliphatic rings. The van der Waals surface area contributed by atoms with Crippen LogP contribution in [0.5, 0.6) is 0 Å². The first-order valence-electron chi connectivity index (χ1n) is 6.04. The van der Waals surface area contributed by atoms with E-state index in [1.807, 2.05) is 18.2 Å². The Bertz CT molecular complexity index is 361. The van der Waals surface area contributed by atoms with Gasteiger partial charge in [-0.2, -0.15) is 0 Å². The van der Waals surface area contributed by atoms with E-state index in [4.69, 9.17) is 9.47 Å². The van der Waals surface area contributed by atoms with Crippen LogP contribution in [0.3, 0.4) is 0 Å². The summed E-state index contributed by atoms with van der Waals surface area (Å²) in [6, 6.07) is 10.3. The third-order valence-electron chi connectivity index (χ3n) is 3.23. The lowest BCUT2D eigenvalue weighted by Crippen LogP contribution is -2.23. The molecule has 17 heavy (non-hydrogen) atoms. The van der Waals surface area contributed by atoms with Crippen LogP contribution in [0.1, 0.15) is 30.7 Å². The number of carbonyl (C=O) groups is 1. The third-order valence-corrected chi connectivity index (χ3v) is 3.23. The van der Waals surface area contributed by atoms with Crippen molar-refractivity contribution >= 4 is 5.97 Å². The van der Waals surface area contributed by atoms with E-state index < -0.39 is 0 Å². The molecule has 1 fully saturated rings. The van der Waals surface area contributed by atoms with Gasteiger partial charge in [-0.3, -0.25) is 0 Å². The predicted octanol–water partition coefficient (Wildman–Crippen LogP) is 2.51. The van der Waals surface area contributed by atoms with E-state index in [1.54, 1.807) is 0 Å². The molecular weight excluding hydrogens is 216 g/mol. The molecule has 2 atom stereocenters. The Morgan fingerprint density at radius 3 is 2.76 bits per heavy atom. The number of benzene rings is 1. The molecule has 3 heteroatoms. The van der Waals surface area contributed by atoms with Crippen molar-refractivity contribution < 1.29 is 14.3 Å². The Labute approximate surface area is 102 Å². The van der Waals surface area contributed by atoms with Crippen molar-refractivity contribution in [2.45, 2.75) is 31.3 Å². The average Bonchev–Trinajstić information content (AvgIpc) is 2.78. The van der Waals surface area contributed by atoms with Gasteiger partial charge in [0.1, 0.15) is 12.7 Å². The van der Waals surface area contributed by atoms with Gasteiger partial charge in [0, 0.05) is 13.0 Å². The molecular formula is C14H18O3. The zero-order valence-electron chi connectivity index (χ0n) is 10.1. The number of hydrogen-bond acceptors (Lipinski definition) is 3. The molecule has 0 aromatic heterocycles. The summed E-state index contributed by atoms with van der Waals surface area (Å²) in [5, 5.41) is 0. The molecule has 0 heterocycles. The molecule has 0 amide bonds. The van der Waals surface area contributed by atoms with Crippen LogP contribution in [0.25, 0.3) is 0 Å². The second-order valence-corrected chi connectivity index (χ2v) is 4.41. The van der Waals surface area contributed by atoms with Crippen molar-refractivity contribution in [2.75, 3.05) is 13.7 Å². The molecule has 1 aromatic carbocycles. The molecule has 0 saturated heterocycles. The van der Waals surface area contributed by atoms with E-state index in [1.165, 1.54) is 12.7 Å². The zero-order chi connectivity index (χ0) is 12.1. The van der Waals surface area contributed by atoms with Crippen LogP contribution in [-0.2, 0) is 14.3 Å². The van der Waals surface area contributed by atoms with Crippen LogP contribution in [-0.4, -0.2) is 25.8 Å². The van der Waals surface area contributed by atoms with E-state index in [-0.39, 0.29) is 18.7 Å². The van der Waals surface area contributed by atoms with Gasteiger partial charge in [-0.1, -0.05) is 30.3 Å². The number of esters is 1. The second kappa shape index (κ2) is 5.82. The monoisotopic (exact) mass is 234 g/mol. The minimum Gasteiger partial charge on any atom is -0.460 e. The summed E-state index contributed by atoms with van der Waals surface area (Å²) in [5.41, 5.74) is 1.26. The lowest BCUT2D eigenvalue weighted by Gasteiger charge is -2.20. The first-order chi connectivity index (χ1) is 8.31. The van der Waals surface area contributed by atoms with E-state index in [0.717, 1.165) is 19.3 Å². The van der Waals surface area contributed by atoms with Crippen molar-refractivity contribution in [3.63, 3.8) is 0 Å². The topological polar surface area (TPSA) is 35.5 Å². The van der Waals surface area contributed by atoms with Crippen molar-refractivity contribution in [3.8, 4) is 0 Å². The van der Waals surface area contributed by atoms with Crippen molar-refractivity contribution in [3.05, 3.63) is 35.9 Å². The highest BCUT2D eigenvalue weighted by atomic mass is 16.6. The maximum atomic E-state index is 11.4. The van der Waals surface area contributed by atoms with Crippen LogP contribution in [0, 0.1) is 0 Å². The molecule has 0 N–H and O–H groups in total. The molecule has 3 nitrogen and oxygen atoms in total. The number of ether oxygens (including phenoxy) is 2. The smallest absolute Gasteiger partial charge is 0.332 e. The number of methoxy groups -OCH3 is 1. The Morgan fingerprint density at radius 1 is 1.29 bits per heavy atom. The zero-order valence-corrected chi connectivity index (χ0v) is 10.1.